The van der Waals surface area contributed by atoms with Gasteiger partial charge in [-0.05, 0) is 23.0 Å². The zero-order valence-corrected chi connectivity index (χ0v) is 9.11. The van der Waals surface area contributed by atoms with Crippen LogP contribution in [0.3, 0.4) is 0 Å². The van der Waals surface area contributed by atoms with E-state index >= 15 is 0 Å². The maximum absolute atomic E-state index is 8.41. The highest BCUT2D eigenvalue weighted by Gasteiger charge is 1.94. The number of hydrogen-bond acceptors (Lipinski definition) is 2. The zero-order chi connectivity index (χ0) is 11.2. The van der Waals surface area contributed by atoms with Gasteiger partial charge in [-0.2, -0.15) is 0 Å². The van der Waals surface area contributed by atoms with E-state index < -0.39 is 0 Å². The lowest BCUT2D eigenvalue weighted by atomic mass is 10.2. The van der Waals surface area contributed by atoms with Gasteiger partial charge in [0.05, 0.1) is 10.6 Å². The summed E-state index contributed by atoms with van der Waals surface area (Å²) in [4.78, 5) is 3.77. The molecule has 76 valence electrons. The molecule has 2 aromatic rings. The largest absolute Gasteiger partial charge is 0.135 e. The molecule has 0 radical (unpaired) electrons. The lowest BCUT2D eigenvalue weighted by Gasteiger charge is -1.94. The van der Waals surface area contributed by atoms with Crippen LogP contribution in [0.5, 0.6) is 0 Å². The first-order valence-electron chi connectivity index (χ1n) is 4.60. The molecular weight excluding hydrogens is 218 g/mol. The van der Waals surface area contributed by atoms with Crippen molar-refractivity contribution in [2.45, 2.75) is 0 Å². The van der Waals surface area contributed by atoms with Crippen molar-refractivity contribution in [3.63, 3.8) is 0 Å². The van der Waals surface area contributed by atoms with Crippen LogP contribution < -0.4 is 0 Å². The Labute approximate surface area is 97.0 Å². The number of benzene rings is 1. The first-order chi connectivity index (χ1) is 7.90. The van der Waals surface area contributed by atoms with E-state index in [1.165, 1.54) is 0 Å². The van der Waals surface area contributed by atoms with Gasteiger partial charge < -0.3 is 0 Å². The van der Waals surface area contributed by atoms with Crippen molar-refractivity contribution in [2.24, 2.45) is 5.11 Å². The molecule has 0 atom stereocenters. The number of nitrogens with zero attached hydrogens (tertiary/aromatic N) is 3. The van der Waals surface area contributed by atoms with Crippen LogP contribution in [0.4, 0.5) is 5.69 Å². The minimum atomic E-state index is 0.564. The summed E-state index contributed by atoms with van der Waals surface area (Å²) in [5.74, 6) is 6.02. The molecule has 0 aliphatic carbocycles. The Morgan fingerprint density at radius 1 is 1.12 bits per heavy atom. The van der Waals surface area contributed by atoms with Crippen molar-refractivity contribution in [1.82, 2.24) is 0 Å². The normalized spacial score (nSPS) is 8.75. The second-order valence-corrected chi connectivity index (χ2v) is 3.88. The van der Waals surface area contributed by atoms with E-state index in [0.717, 1.165) is 10.4 Å². The van der Waals surface area contributed by atoms with Crippen LogP contribution in [0.1, 0.15) is 10.4 Å². The van der Waals surface area contributed by atoms with E-state index in [0.29, 0.717) is 5.69 Å². The van der Waals surface area contributed by atoms with Crippen molar-refractivity contribution < 1.29 is 0 Å². The van der Waals surface area contributed by atoms with E-state index in [-0.39, 0.29) is 0 Å². The van der Waals surface area contributed by atoms with Gasteiger partial charge in [0.25, 0.3) is 0 Å². The molecule has 16 heavy (non-hydrogen) atoms. The highest BCUT2D eigenvalue weighted by atomic mass is 32.1. The summed E-state index contributed by atoms with van der Waals surface area (Å²) in [7, 11) is 0. The summed E-state index contributed by atoms with van der Waals surface area (Å²) in [6.45, 7) is 0. The van der Waals surface area contributed by atoms with Crippen LogP contribution in [0, 0.1) is 11.8 Å². The second kappa shape index (κ2) is 5.04. The monoisotopic (exact) mass is 225 g/mol. The van der Waals surface area contributed by atoms with Crippen LogP contribution >= 0.6 is 11.3 Å². The second-order valence-electron chi connectivity index (χ2n) is 2.93. The Morgan fingerprint density at radius 2 is 2.00 bits per heavy atom. The van der Waals surface area contributed by atoms with Gasteiger partial charge in [0.1, 0.15) is 0 Å². The lowest BCUT2D eigenvalue weighted by Crippen LogP contribution is -1.74. The molecule has 0 saturated heterocycles. The SMILES string of the molecule is [N-]=[N+]=Nc1ccccc1C#Cc1cccs1. The lowest BCUT2D eigenvalue weighted by molar-refractivity contribution is 1.45. The quantitative estimate of drug-likeness (QED) is 0.304. The first kappa shape index (κ1) is 10.3. The molecule has 3 nitrogen and oxygen atoms in total. The molecule has 0 bridgehead atoms. The molecule has 1 aromatic carbocycles. The first-order valence-corrected chi connectivity index (χ1v) is 5.48. The number of rotatable bonds is 1. The van der Waals surface area contributed by atoms with E-state index in [4.69, 9.17) is 5.53 Å². The predicted molar refractivity (Wildman–Crippen MR) is 65.5 cm³/mol. The van der Waals surface area contributed by atoms with Gasteiger partial charge in [-0.15, -0.1) is 11.3 Å². The van der Waals surface area contributed by atoms with Crippen molar-refractivity contribution >= 4 is 17.0 Å². The maximum Gasteiger partial charge on any atom is 0.0772 e. The molecule has 0 saturated carbocycles. The minimum absolute atomic E-state index is 0.564. The Balaban J connectivity index is 2.37. The van der Waals surface area contributed by atoms with Gasteiger partial charge in [0.2, 0.25) is 0 Å². The van der Waals surface area contributed by atoms with Crippen LogP contribution in [-0.4, -0.2) is 0 Å². The molecule has 0 aliphatic heterocycles. The third kappa shape index (κ3) is 2.43. The smallest absolute Gasteiger partial charge is 0.0772 e. The average Bonchev–Trinajstić information content (AvgIpc) is 2.81. The standard InChI is InChI=1S/C12H7N3S/c13-15-14-12-6-2-1-4-10(12)7-8-11-5-3-9-16-11/h1-6,9H. The fraction of sp³-hybridized carbons (Fsp3) is 0. The molecule has 0 unspecified atom stereocenters. The third-order valence-corrected chi connectivity index (χ3v) is 2.68. The van der Waals surface area contributed by atoms with Crippen molar-refractivity contribution in [2.75, 3.05) is 0 Å². The van der Waals surface area contributed by atoms with E-state index in [1.54, 1.807) is 17.4 Å². The van der Waals surface area contributed by atoms with Crippen molar-refractivity contribution in [3.8, 4) is 11.8 Å². The van der Waals surface area contributed by atoms with E-state index in [2.05, 4.69) is 21.9 Å². The Kier molecular flexibility index (Phi) is 3.25. The molecule has 2 rings (SSSR count). The molecule has 0 aliphatic rings. The van der Waals surface area contributed by atoms with Gasteiger partial charge >= 0.3 is 0 Å². The van der Waals surface area contributed by atoms with E-state index in [9.17, 15) is 0 Å². The highest BCUT2D eigenvalue weighted by molar-refractivity contribution is 7.10. The number of azide groups is 1. The van der Waals surface area contributed by atoms with Crippen LogP contribution in [0.25, 0.3) is 10.4 Å². The highest BCUT2D eigenvalue weighted by Crippen LogP contribution is 2.17. The summed E-state index contributed by atoms with van der Waals surface area (Å²) in [6.07, 6.45) is 0. The van der Waals surface area contributed by atoms with Gasteiger partial charge in [-0.3, -0.25) is 0 Å². The molecule has 0 spiro atoms. The molecule has 4 heteroatoms. The van der Waals surface area contributed by atoms with Gasteiger partial charge in [-0.1, -0.05) is 41.2 Å². The minimum Gasteiger partial charge on any atom is -0.135 e. The average molecular weight is 225 g/mol. The van der Waals surface area contributed by atoms with E-state index in [1.807, 2.05) is 35.7 Å². The summed E-state index contributed by atoms with van der Waals surface area (Å²) >= 11 is 1.58. The van der Waals surface area contributed by atoms with Crippen molar-refractivity contribution in [1.29, 1.82) is 0 Å². The topological polar surface area (TPSA) is 48.8 Å². The predicted octanol–water partition coefficient (Wildman–Crippen LogP) is 4.09. The summed E-state index contributed by atoms with van der Waals surface area (Å²) in [5.41, 5.74) is 9.72. The van der Waals surface area contributed by atoms with Crippen LogP contribution in [0.15, 0.2) is 46.9 Å². The molecule has 1 heterocycles. The Bertz CT molecular complexity index is 584. The number of hydrogen-bond donors (Lipinski definition) is 0. The molecule has 0 amide bonds. The molecule has 1 aromatic heterocycles. The van der Waals surface area contributed by atoms with Gasteiger partial charge in [0, 0.05) is 10.5 Å². The molecule has 0 fully saturated rings. The zero-order valence-electron chi connectivity index (χ0n) is 8.29. The Hall–Kier alpha value is -2.21. The third-order valence-electron chi connectivity index (χ3n) is 1.90. The molecular formula is C12H7N3S. The van der Waals surface area contributed by atoms with Crippen LogP contribution in [-0.2, 0) is 0 Å². The fourth-order valence-electron chi connectivity index (χ4n) is 1.19. The summed E-state index contributed by atoms with van der Waals surface area (Å²) in [5, 5.41) is 5.56. The Morgan fingerprint density at radius 3 is 2.75 bits per heavy atom. The number of thiophene rings is 1. The van der Waals surface area contributed by atoms with Crippen LogP contribution in [0.2, 0.25) is 0 Å². The molecule has 0 N–H and O–H groups in total. The van der Waals surface area contributed by atoms with Gasteiger partial charge in [0.15, 0.2) is 0 Å². The van der Waals surface area contributed by atoms with Gasteiger partial charge in [-0.25, -0.2) is 0 Å². The van der Waals surface area contributed by atoms with Crippen molar-refractivity contribution in [3.05, 3.63) is 62.7 Å². The fourth-order valence-corrected chi connectivity index (χ4v) is 1.76. The summed E-state index contributed by atoms with van der Waals surface area (Å²) in [6, 6.07) is 11.2. The maximum atomic E-state index is 8.41. The summed E-state index contributed by atoms with van der Waals surface area (Å²) < 4.78 is 0.